The van der Waals surface area contributed by atoms with Crippen LogP contribution in [0.25, 0.3) is 5.69 Å². The van der Waals surface area contributed by atoms with Crippen molar-refractivity contribution in [3.8, 4) is 11.9 Å². The number of primary amides is 1. The summed E-state index contributed by atoms with van der Waals surface area (Å²) in [5.74, 6) is -0.692. The number of H-pyrrole nitrogens is 1. The maximum atomic E-state index is 15.6. The molecule has 8 heterocycles. The molecule has 1 atom stereocenters. The van der Waals surface area contributed by atoms with Crippen molar-refractivity contribution in [2.75, 3.05) is 53.7 Å². The number of benzene rings is 6. The van der Waals surface area contributed by atoms with E-state index in [9.17, 15) is 48.9 Å². The first kappa shape index (κ1) is 99.8. The highest BCUT2D eigenvalue weighted by Gasteiger charge is 2.39. The Labute approximate surface area is 803 Å². The molecule has 0 saturated heterocycles. The summed E-state index contributed by atoms with van der Waals surface area (Å²) in [4.78, 5) is 71.3. The summed E-state index contributed by atoms with van der Waals surface area (Å²) < 4.78 is 180. The van der Waals surface area contributed by atoms with Gasteiger partial charge < -0.3 is 56.5 Å². The van der Waals surface area contributed by atoms with Gasteiger partial charge in [-0.2, -0.15) is 54.4 Å². The van der Waals surface area contributed by atoms with Gasteiger partial charge in [-0.15, -0.1) is 10.2 Å². The van der Waals surface area contributed by atoms with Crippen molar-refractivity contribution >= 4 is 73.6 Å². The van der Waals surface area contributed by atoms with Gasteiger partial charge in [0.05, 0.1) is 36.3 Å². The number of nitriles is 1. The van der Waals surface area contributed by atoms with Gasteiger partial charge in [0.1, 0.15) is 30.3 Å². The van der Waals surface area contributed by atoms with Crippen molar-refractivity contribution in [3.05, 3.63) is 339 Å². The Balaban J connectivity index is 0.000000142. The van der Waals surface area contributed by atoms with E-state index < -0.39 is 68.1 Å². The second kappa shape index (κ2) is 44.8. The zero-order chi connectivity index (χ0) is 99.5. The number of anilines is 8. The molecule has 1 amide bonds. The molecule has 18 rings (SSSR count). The van der Waals surface area contributed by atoms with Crippen LogP contribution >= 0.6 is 0 Å². The van der Waals surface area contributed by atoms with Crippen LogP contribution in [-0.2, 0) is 97.8 Å². The lowest BCUT2D eigenvalue weighted by Gasteiger charge is -2.25. The lowest BCUT2D eigenvalue weighted by Crippen LogP contribution is -2.28. The summed E-state index contributed by atoms with van der Waals surface area (Å²) in [5.41, 5.74) is 13.3. The first-order chi connectivity index (χ1) is 67.7. The van der Waals surface area contributed by atoms with E-state index in [-0.39, 0.29) is 122 Å². The Morgan fingerprint density at radius 2 is 0.844 bits per heavy atom. The van der Waals surface area contributed by atoms with Crippen LogP contribution in [0.4, 0.5) is 99.2 Å². The molecular formula is C99H96F12N26O3S. The SMILES string of the molecule is C=S(C)(=O)c1ccc(CNc2ncnc(N(Cc3ccc(C(F)(F)F)cc3)C3CC3)c2F)cn1.CC(F)(F)c1ccc(CN(c2ncnc(NCc3ccc(C(=O)CNC#N)cc3)c2F)C2CC2)cc1.Fc1c(NCc2ccc(Cc3nn[nH]n3)cc2)ncnc1N(Cc1ccc(-n2cccc2)cc1)C1CC1.NC(=O)Cc1ccc(CNc2ncnc(N(Cc3ccc(C(F)(F)F)cn3)C3CC3)c2F)cc1. The molecule has 6 aromatic carbocycles. The second-order valence-corrected chi connectivity index (χ2v) is 36.7. The summed E-state index contributed by atoms with van der Waals surface area (Å²) in [6.45, 7) is 3.28. The molecule has 4 saturated carbocycles. The average Bonchev–Trinajstić information content (AvgIpc) is 1.66. The number of nitrogens with two attached hydrogens (primary N) is 1. The van der Waals surface area contributed by atoms with Crippen molar-refractivity contribution < 1.29 is 66.5 Å². The predicted octanol–water partition coefficient (Wildman–Crippen LogP) is 17.4. The molecule has 1 unspecified atom stereocenters. The van der Waals surface area contributed by atoms with Crippen LogP contribution < -0.4 is 51.9 Å². The molecule has 8 N–H and O–H groups in total. The fourth-order valence-corrected chi connectivity index (χ4v) is 15.6. The van der Waals surface area contributed by atoms with E-state index in [1.165, 1.54) is 68.1 Å². The van der Waals surface area contributed by atoms with Crippen LogP contribution in [0.2, 0.25) is 0 Å². The summed E-state index contributed by atoms with van der Waals surface area (Å²) >= 11 is 0. The molecule has 29 nitrogen and oxygen atoms in total. The van der Waals surface area contributed by atoms with E-state index >= 15 is 17.6 Å². The highest BCUT2D eigenvalue weighted by Crippen LogP contribution is 2.41. The number of aromatic nitrogens is 15. The Hall–Kier alpha value is -15.7. The minimum absolute atomic E-state index is 0.00333. The van der Waals surface area contributed by atoms with E-state index in [1.807, 2.05) is 53.7 Å². The third-order valence-corrected chi connectivity index (χ3v) is 24.2. The normalized spacial score (nSPS) is 13.8. The largest absolute Gasteiger partial charge is 0.417 e. The Kier molecular flexibility index (Phi) is 31.7. The molecular weight excluding hydrogens is 1860 g/mol. The highest BCUT2D eigenvalue weighted by atomic mass is 32.2. The minimum Gasteiger partial charge on any atom is -0.369 e. The number of ketones is 1. The monoisotopic (exact) mass is 1960 g/mol. The van der Waals surface area contributed by atoms with Gasteiger partial charge in [-0.25, -0.2) is 53.6 Å². The number of alkyl halides is 8. The molecule has 14 aromatic rings. The molecule has 4 fully saturated rings. The number of tetrazole rings is 1. The van der Waals surface area contributed by atoms with E-state index in [2.05, 4.69) is 137 Å². The van der Waals surface area contributed by atoms with Gasteiger partial charge >= 0.3 is 12.4 Å². The van der Waals surface area contributed by atoms with E-state index in [4.69, 9.17) is 11.0 Å². The van der Waals surface area contributed by atoms with Crippen LogP contribution in [0.1, 0.15) is 147 Å². The van der Waals surface area contributed by atoms with Crippen molar-refractivity contribution in [3.63, 3.8) is 0 Å². The maximum Gasteiger partial charge on any atom is 0.417 e. The molecule has 8 aromatic heterocycles. The van der Waals surface area contributed by atoms with Crippen molar-refractivity contribution in [2.24, 2.45) is 5.73 Å². The lowest BCUT2D eigenvalue weighted by molar-refractivity contribution is -0.138. The van der Waals surface area contributed by atoms with Crippen LogP contribution in [0.15, 0.2) is 237 Å². The van der Waals surface area contributed by atoms with Crippen molar-refractivity contribution in [2.45, 2.75) is 171 Å². The third-order valence-electron chi connectivity index (χ3n) is 23.1. The third kappa shape index (κ3) is 27.9. The van der Waals surface area contributed by atoms with Crippen molar-refractivity contribution in [1.82, 2.24) is 80.3 Å². The van der Waals surface area contributed by atoms with Gasteiger partial charge in [-0.05, 0) is 162 Å². The number of rotatable bonds is 38. The first-order valence-electron chi connectivity index (χ1n) is 44.8. The molecule has 141 heavy (non-hydrogen) atoms. The number of carbonyl (C=O) groups excluding carboxylic acids is 2. The number of Topliss-reactive ketones (excluding diaryl/α,β-unsaturated/α-hetero) is 1. The lowest BCUT2D eigenvalue weighted by atomic mass is 10.1. The van der Waals surface area contributed by atoms with E-state index in [1.54, 1.807) is 88.8 Å². The van der Waals surface area contributed by atoms with E-state index in [0.717, 1.165) is 133 Å². The molecule has 4 aliphatic carbocycles. The van der Waals surface area contributed by atoms with Gasteiger partial charge in [0.15, 0.2) is 64.3 Å². The van der Waals surface area contributed by atoms with Gasteiger partial charge in [0.2, 0.25) is 29.2 Å². The van der Waals surface area contributed by atoms with Crippen LogP contribution in [-0.4, -0.2) is 134 Å². The fraction of sp³-hybridized carbons (Fsp3) is 0.283. The number of nitrogens with zero attached hydrogens (tertiary/aromatic N) is 19. The molecule has 0 spiro atoms. The van der Waals surface area contributed by atoms with Gasteiger partial charge in [-0.3, -0.25) is 18.8 Å². The topological polar surface area (TPSA) is 362 Å². The molecule has 0 aliphatic heterocycles. The van der Waals surface area contributed by atoms with Crippen LogP contribution in [0.3, 0.4) is 0 Å². The highest BCUT2D eigenvalue weighted by molar-refractivity contribution is 7.99. The van der Waals surface area contributed by atoms with Crippen LogP contribution in [0, 0.1) is 34.7 Å². The molecule has 4 aliphatic rings. The number of halogens is 12. The average molecular weight is 1960 g/mol. The number of hydrogen-bond acceptors (Lipinski definition) is 26. The number of nitrogens with one attached hydrogen (secondary N) is 6. The number of amides is 1. The first-order valence-corrected chi connectivity index (χ1v) is 46.9. The summed E-state index contributed by atoms with van der Waals surface area (Å²) in [5, 5.41) is 37.2. The number of carbonyl (C=O) groups is 2. The van der Waals surface area contributed by atoms with Gasteiger partial charge in [0.25, 0.3) is 5.92 Å². The van der Waals surface area contributed by atoms with Gasteiger partial charge in [0, 0.05) is 141 Å². The standard InChI is InChI=1S/C27H26FN9.C26H25F3N6O.C23H22F4N6O.C23H23F4N5OS/c28-25-26(29-16-20-5-3-19(4-6-20)15-24-32-34-35-33-24)30-18-31-27(25)37(23-11-12-23)17-21-7-9-22(10-8-21)36-13-1-2-14-36;1-26(28,29)20-8-4-18(5-9-20)14-35(21-10-11-21)25-23(27)24(33-16-34-25)32-12-17-2-6-19(7-3-17)22(36)13-31-15-30;24-20-21(30-10-15-3-1-14(2-4-15)9-19(28)34)31-13-32-22(20)33(18-7-8-18)12-17-6-5-16(11-29-17)23(25,26)27;1-34(2,33)19-10-5-16(11-28-19)12-29-21-20(24)22(31-14-30-21)32(18-8-9-18)13-15-3-6-17(7-4-15)23(25,26)27/h1-10,13-14,18,23H,11-12,15-17H2,(H,29,30,31)(H,32,33,34,35);2-9,16,21,31H,10-14H2,1H3,(H,32,33,34);1-6,11,13,18H,7-10,12H2,(H2,28,34)(H,30,31,32);3-7,10-11,14,18H,1,8-9,12-13H2,2H3,(H,29,30,31). The molecule has 730 valence electrons. The van der Waals surface area contributed by atoms with E-state index in [0.29, 0.717) is 59.5 Å². The summed E-state index contributed by atoms with van der Waals surface area (Å²) in [6, 6.07) is 51.2. The quantitative estimate of drug-likeness (QED) is 0.00621. The Bertz CT molecular complexity index is 6700. The Morgan fingerprint density at radius 1 is 0.468 bits per heavy atom. The van der Waals surface area contributed by atoms with Crippen LogP contribution in [0.5, 0.6) is 0 Å². The Morgan fingerprint density at radius 3 is 1.21 bits per heavy atom. The summed E-state index contributed by atoms with van der Waals surface area (Å²) in [6.07, 6.45) is 13.8. The maximum absolute atomic E-state index is 15.6. The molecule has 0 bridgehead atoms. The zero-order valence-electron chi connectivity index (χ0n) is 76.1. The minimum atomic E-state index is -4.47. The zero-order valence-corrected chi connectivity index (χ0v) is 77.0. The number of hydrogen-bond donors (Lipinski definition) is 7. The summed E-state index contributed by atoms with van der Waals surface area (Å²) in [7, 11) is -2.42. The number of pyridine rings is 2. The second-order valence-electron chi connectivity index (χ2n) is 34.2. The molecule has 42 heteroatoms. The van der Waals surface area contributed by atoms with Gasteiger partial charge in [-0.1, -0.05) is 133 Å². The number of aromatic amines is 1. The smallest absolute Gasteiger partial charge is 0.369 e. The predicted molar refractivity (Wildman–Crippen MR) is 507 cm³/mol. The van der Waals surface area contributed by atoms with Crippen molar-refractivity contribution in [1.29, 1.82) is 5.26 Å². The fourth-order valence-electron chi connectivity index (χ4n) is 15.0. The molecule has 0 radical (unpaired) electrons.